The second-order valence-corrected chi connectivity index (χ2v) is 3.37. The van der Waals surface area contributed by atoms with Crippen LogP contribution in [0.2, 0.25) is 0 Å². The highest BCUT2D eigenvalue weighted by Crippen LogP contribution is 2.21. The Morgan fingerprint density at radius 2 is 2.13 bits per heavy atom. The first-order chi connectivity index (χ1) is 7.43. The Morgan fingerprint density at radius 1 is 1.27 bits per heavy atom. The molecule has 1 N–H and O–H groups in total. The molecule has 15 heavy (non-hydrogen) atoms. The van der Waals surface area contributed by atoms with Crippen LogP contribution in [0, 0.1) is 0 Å². The van der Waals surface area contributed by atoms with E-state index in [0.29, 0.717) is 0 Å². The minimum absolute atomic E-state index is 0.729. The van der Waals surface area contributed by atoms with Crippen molar-refractivity contribution in [1.29, 1.82) is 0 Å². The molecule has 0 unspecified atom stereocenters. The molecule has 0 amide bonds. The van der Waals surface area contributed by atoms with Crippen LogP contribution in [0.4, 0.5) is 0 Å². The minimum atomic E-state index is 0.729. The van der Waals surface area contributed by atoms with Crippen molar-refractivity contribution in [1.82, 2.24) is 20.2 Å². The number of nitrogens with one attached hydrogen (secondary N) is 1. The third-order valence-electron chi connectivity index (χ3n) is 2.36. The van der Waals surface area contributed by atoms with Gasteiger partial charge in [-0.25, -0.2) is 9.97 Å². The van der Waals surface area contributed by atoms with Gasteiger partial charge in [0.2, 0.25) is 0 Å². The molecule has 4 nitrogen and oxygen atoms in total. The van der Waals surface area contributed by atoms with E-state index in [1.807, 2.05) is 24.4 Å². The fourth-order valence-corrected chi connectivity index (χ4v) is 1.64. The van der Waals surface area contributed by atoms with E-state index in [9.17, 15) is 0 Å². The lowest BCUT2D eigenvalue weighted by molar-refractivity contribution is 0.513. The van der Waals surface area contributed by atoms with Crippen LogP contribution >= 0.6 is 0 Å². The molecule has 0 bridgehead atoms. The summed E-state index contributed by atoms with van der Waals surface area (Å²) in [4.78, 5) is 10.5. The van der Waals surface area contributed by atoms with E-state index < -0.39 is 0 Å². The molecular formula is C11H10N4. The lowest BCUT2D eigenvalue weighted by Gasteiger charge is -2.17. The van der Waals surface area contributed by atoms with E-state index in [2.05, 4.69) is 26.3 Å². The van der Waals surface area contributed by atoms with E-state index in [4.69, 9.17) is 0 Å². The molecule has 0 fully saturated rings. The van der Waals surface area contributed by atoms with Crippen molar-refractivity contribution in [3.05, 3.63) is 54.5 Å². The van der Waals surface area contributed by atoms with Gasteiger partial charge in [-0.2, -0.15) is 0 Å². The summed E-state index contributed by atoms with van der Waals surface area (Å²) in [5.74, 6) is 1.81. The topological polar surface area (TPSA) is 41.1 Å². The molecule has 3 rings (SSSR count). The van der Waals surface area contributed by atoms with Gasteiger partial charge in [-0.3, -0.25) is 0 Å². The van der Waals surface area contributed by atoms with Crippen LogP contribution in [0.15, 0.2) is 48.7 Å². The van der Waals surface area contributed by atoms with Crippen molar-refractivity contribution in [3.8, 4) is 0 Å². The van der Waals surface area contributed by atoms with Gasteiger partial charge in [-0.15, -0.1) is 0 Å². The molecule has 0 saturated heterocycles. The SMILES string of the molecule is C1=CCN2C=C(c3ncccn3)NC2=C1. The Morgan fingerprint density at radius 3 is 2.93 bits per heavy atom. The van der Waals surface area contributed by atoms with Gasteiger partial charge in [0.05, 0.1) is 0 Å². The molecule has 74 valence electrons. The standard InChI is InChI=1S/C11H10N4/c1-2-7-15-8-9(14-10(15)4-1)11-12-5-3-6-13-11/h1-6,8,14H,7H2. The van der Waals surface area contributed by atoms with Gasteiger partial charge in [0.1, 0.15) is 11.5 Å². The smallest absolute Gasteiger partial charge is 0.177 e. The molecule has 4 heteroatoms. The predicted molar refractivity (Wildman–Crippen MR) is 57.1 cm³/mol. The van der Waals surface area contributed by atoms with E-state index in [1.165, 1.54) is 0 Å². The minimum Gasteiger partial charge on any atom is -0.337 e. The summed E-state index contributed by atoms with van der Waals surface area (Å²) in [5.41, 5.74) is 0.950. The normalized spacial score (nSPS) is 18.0. The number of rotatable bonds is 1. The zero-order valence-electron chi connectivity index (χ0n) is 8.09. The van der Waals surface area contributed by atoms with Gasteiger partial charge in [-0.1, -0.05) is 12.2 Å². The van der Waals surface area contributed by atoms with Crippen molar-refractivity contribution in [2.24, 2.45) is 0 Å². The maximum absolute atomic E-state index is 4.20. The second-order valence-electron chi connectivity index (χ2n) is 3.37. The Bertz CT molecular complexity index is 459. The number of hydrogen-bond acceptors (Lipinski definition) is 4. The molecule has 1 aromatic rings. The first-order valence-corrected chi connectivity index (χ1v) is 4.83. The van der Waals surface area contributed by atoms with Crippen LogP contribution in [0.1, 0.15) is 5.82 Å². The largest absolute Gasteiger partial charge is 0.337 e. The molecule has 0 spiro atoms. The molecule has 1 aromatic heterocycles. The molecular weight excluding hydrogens is 188 g/mol. The summed E-state index contributed by atoms with van der Waals surface area (Å²) < 4.78 is 0. The zero-order valence-corrected chi connectivity index (χ0v) is 8.09. The average molecular weight is 198 g/mol. The van der Waals surface area contributed by atoms with Gasteiger partial charge in [0.25, 0.3) is 0 Å². The summed E-state index contributed by atoms with van der Waals surface area (Å²) >= 11 is 0. The van der Waals surface area contributed by atoms with Gasteiger partial charge < -0.3 is 10.2 Å². The molecule has 0 saturated carbocycles. The third-order valence-corrected chi connectivity index (χ3v) is 2.36. The number of fused-ring (bicyclic) bond motifs is 1. The van der Waals surface area contributed by atoms with Crippen molar-refractivity contribution in [2.75, 3.05) is 6.54 Å². The first kappa shape index (κ1) is 8.23. The molecule has 3 heterocycles. The highest BCUT2D eigenvalue weighted by Gasteiger charge is 2.19. The highest BCUT2D eigenvalue weighted by molar-refractivity contribution is 5.63. The Kier molecular flexibility index (Phi) is 1.78. The quantitative estimate of drug-likeness (QED) is 0.733. The van der Waals surface area contributed by atoms with E-state index >= 15 is 0 Å². The Labute approximate surface area is 87.7 Å². The third kappa shape index (κ3) is 1.40. The number of allylic oxidation sites excluding steroid dienone is 2. The van der Waals surface area contributed by atoms with Crippen molar-refractivity contribution < 1.29 is 0 Å². The number of aromatic nitrogens is 2. The molecule has 0 radical (unpaired) electrons. The molecule has 2 aliphatic rings. The summed E-state index contributed by atoms with van der Waals surface area (Å²) in [6.07, 6.45) is 11.7. The van der Waals surface area contributed by atoms with Gasteiger partial charge in [-0.05, 0) is 12.1 Å². The van der Waals surface area contributed by atoms with Crippen molar-refractivity contribution >= 4 is 5.70 Å². The van der Waals surface area contributed by atoms with Crippen molar-refractivity contribution in [3.63, 3.8) is 0 Å². The van der Waals surface area contributed by atoms with E-state index in [-0.39, 0.29) is 0 Å². The summed E-state index contributed by atoms with van der Waals surface area (Å²) in [6.45, 7) is 0.898. The first-order valence-electron chi connectivity index (χ1n) is 4.83. The van der Waals surface area contributed by atoms with Crippen LogP contribution in [0.5, 0.6) is 0 Å². The molecule has 2 aliphatic heterocycles. The number of nitrogens with zero attached hydrogens (tertiary/aromatic N) is 3. The maximum atomic E-state index is 4.20. The fraction of sp³-hybridized carbons (Fsp3) is 0.0909. The Hall–Kier alpha value is -2.10. The van der Waals surface area contributed by atoms with Crippen LogP contribution in [-0.2, 0) is 0 Å². The van der Waals surface area contributed by atoms with Gasteiger partial charge >= 0.3 is 0 Å². The monoisotopic (exact) mass is 198 g/mol. The van der Waals surface area contributed by atoms with Crippen LogP contribution in [0.25, 0.3) is 5.70 Å². The van der Waals surface area contributed by atoms with Gasteiger partial charge in [0, 0.05) is 25.1 Å². The van der Waals surface area contributed by atoms with Crippen molar-refractivity contribution in [2.45, 2.75) is 0 Å². The summed E-state index contributed by atoms with van der Waals surface area (Å²) in [6, 6.07) is 1.81. The van der Waals surface area contributed by atoms with E-state index in [0.717, 1.165) is 23.9 Å². The van der Waals surface area contributed by atoms with Gasteiger partial charge in [0.15, 0.2) is 5.82 Å². The second kappa shape index (κ2) is 3.24. The van der Waals surface area contributed by atoms with E-state index in [1.54, 1.807) is 12.4 Å². The maximum Gasteiger partial charge on any atom is 0.177 e. The number of hydrogen-bond donors (Lipinski definition) is 1. The lowest BCUT2D eigenvalue weighted by atomic mass is 10.3. The van der Waals surface area contributed by atoms with Crippen LogP contribution in [-0.4, -0.2) is 21.4 Å². The van der Waals surface area contributed by atoms with Crippen LogP contribution < -0.4 is 5.32 Å². The lowest BCUT2D eigenvalue weighted by Crippen LogP contribution is -2.20. The summed E-state index contributed by atoms with van der Waals surface area (Å²) in [7, 11) is 0. The fourth-order valence-electron chi connectivity index (χ4n) is 1.64. The highest BCUT2D eigenvalue weighted by atomic mass is 15.3. The van der Waals surface area contributed by atoms with Crippen LogP contribution in [0.3, 0.4) is 0 Å². The molecule has 0 atom stereocenters. The zero-order chi connectivity index (χ0) is 10.1. The average Bonchev–Trinajstić information content (AvgIpc) is 2.74. The Balaban J connectivity index is 1.92. The summed E-state index contributed by atoms with van der Waals surface area (Å²) in [5, 5.41) is 3.28. The molecule has 0 aromatic carbocycles. The molecule has 0 aliphatic carbocycles. The predicted octanol–water partition coefficient (Wildman–Crippen LogP) is 1.09.